The summed E-state index contributed by atoms with van der Waals surface area (Å²) >= 11 is 6.19. The Morgan fingerprint density at radius 3 is 2.42 bits per heavy atom. The van der Waals surface area contributed by atoms with E-state index in [4.69, 9.17) is 16.3 Å². The van der Waals surface area contributed by atoms with Gasteiger partial charge >= 0.3 is 5.97 Å². The quantitative estimate of drug-likeness (QED) is 0.661. The summed E-state index contributed by atoms with van der Waals surface area (Å²) in [7, 11) is 1.32. The molecule has 0 bridgehead atoms. The molecule has 1 amide bonds. The van der Waals surface area contributed by atoms with Crippen molar-refractivity contribution in [1.82, 2.24) is 4.90 Å². The molecule has 0 heterocycles. The number of carbonyl (C=O) groups excluding carboxylic acids is 2. The lowest BCUT2D eigenvalue weighted by atomic mass is 10.2. The minimum absolute atomic E-state index is 0.108. The molecule has 0 aliphatic carbocycles. The van der Waals surface area contributed by atoms with E-state index in [0.717, 1.165) is 11.1 Å². The summed E-state index contributed by atoms with van der Waals surface area (Å²) < 4.78 is 10.2. The van der Waals surface area contributed by atoms with E-state index in [9.17, 15) is 9.59 Å². The summed E-state index contributed by atoms with van der Waals surface area (Å²) in [6.07, 6.45) is 0.108. The van der Waals surface area contributed by atoms with Crippen LogP contribution in [0.15, 0.2) is 48.5 Å². The van der Waals surface area contributed by atoms with Crippen molar-refractivity contribution in [3.8, 4) is 5.75 Å². The van der Waals surface area contributed by atoms with E-state index >= 15 is 0 Å². The van der Waals surface area contributed by atoms with E-state index in [1.165, 1.54) is 7.11 Å². The van der Waals surface area contributed by atoms with Gasteiger partial charge in [0.1, 0.15) is 5.75 Å². The summed E-state index contributed by atoms with van der Waals surface area (Å²) in [5, 5.41) is 0.572. The monoisotopic (exact) mass is 375 g/mol. The van der Waals surface area contributed by atoms with Crippen molar-refractivity contribution in [3.05, 3.63) is 64.7 Å². The molecule has 0 saturated heterocycles. The van der Waals surface area contributed by atoms with E-state index in [2.05, 4.69) is 4.74 Å². The zero-order valence-electron chi connectivity index (χ0n) is 14.9. The lowest BCUT2D eigenvalue weighted by Crippen LogP contribution is -2.36. The van der Waals surface area contributed by atoms with Gasteiger partial charge in [0.25, 0.3) is 5.91 Å². The molecule has 2 aromatic rings. The summed E-state index contributed by atoms with van der Waals surface area (Å²) in [4.78, 5) is 25.6. The Morgan fingerprint density at radius 1 is 1.08 bits per heavy atom. The van der Waals surface area contributed by atoms with Crippen molar-refractivity contribution < 1.29 is 19.1 Å². The van der Waals surface area contributed by atoms with E-state index in [0.29, 0.717) is 17.3 Å². The van der Waals surface area contributed by atoms with Gasteiger partial charge in [-0.2, -0.15) is 0 Å². The molecule has 0 radical (unpaired) electrons. The van der Waals surface area contributed by atoms with Crippen LogP contribution in [-0.4, -0.2) is 37.0 Å². The van der Waals surface area contributed by atoms with Crippen LogP contribution >= 0.6 is 11.6 Å². The van der Waals surface area contributed by atoms with E-state index in [-0.39, 0.29) is 31.4 Å². The van der Waals surface area contributed by atoms with Crippen molar-refractivity contribution in [1.29, 1.82) is 0 Å². The van der Waals surface area contributed by atoms with Crippen molar-refractivity contribution in [2.75, 3.05) is 20.3 Å². The maximum atomic E-state index is 12.6. The lowest BCUT2D eigenvalue weighted by Gasteiger charge is -2.23. The molecule has 6 heteroatoms. The molecule has 5 nitrogen and oxygen atoms in total. The number of hydrogen-bond acceptors (Lipinski definition) is 4. The minimum atomic E-state index is -0.374. The Kier molecular flexibility index (Phi) is 7.48. The second-order valence-electron chi connectivity index (χ2n) is 5.83. The molecule has 0 atom stereocenters. The van der Waals surface area contributed by atoms with Gasteiger partial charge in [-0.3, -0.25) is 9.59 Å². The molecule has 2 aromatic carbocycles. The number of halogens is 1. The largest absolute Gasteiger partial charge is 0.484 e. The van der Waals surface area contributed by atoms with Crippen LogP contribution in [0.2, 0.25) is 5.02 Å². The molecular formula is C20H22ClNO4. The lowest BCUT2D eigenvalue weighted by molar-refractivity contribution is -0.142. The highest BCUT2D eigenvalue weighted by molar-refractivity contribution is 6.31. The van der Waals surface area contributed by atoms with Gasteiger partial charge in [0.15, 0.2) is 6.61 Å². The highest BCUT2D eigenvalue weighted by Gasteiger charge is 2.17. The van der Waals surface area contributed by atoms with Gasteiger partial charge in [0, 0.05) is 18.1 Å². The van der Waals surface area contributed by atoms with Gasteiger partial charge in [0.05, 0.1) is 13.5 Å². The van der Waals surface area contributed by atoms with Gasteiger partial charge in [0.2, 0.25) is 0 Å². The second kappa shape index (κ2) is 9.82. The molecule has 0 spiro atoms. The number of rotatable bonds is 8. The van der Waals surface area contributed by atoms with Gasteiger partial charge in [-0.1, -0.05) is 47.5 Å². The van der Waals surface area contributed by atoms with Crippen LogP contribution < -0.4 is 4.74 Å². The molecule has 0 aliphatic heterocycles. The normalized spacial score (nSPS) is 10.3. The summed E-state index contributed by atoms with van der Waals surface area (Å²) in [6, 6.07) is 14.8. The molecule has 0 saturated carbocycles. The first-order valence-corrected chi connectivity index (χ1v) is 8.65. The van der Waals surface area contributed by atoms with Crippen LogP contribution in [0.4, 0.5) is 0 Å². The van der Waals surface area contributed by atoms with E-state index in [1.807, 2.05) is 49.4 Å². The zero-order valence-corrected chi connectivity index (χ0v) is 15.7. The number of carbonyl (C=O) groups is 2. The van der Waals surface area contributed by atoms with Crippen molar-refractivity contribution >= 4 is 23.5 Å². The minimum Gasteiger partial charge on any atom is -0.484 e. The van der Waals surface area contributed by atoms with Gasteiger partial charge < -0.3 is 14.4 Å². The first kappa shape index (κ1) is 19.8. The summed E-state index contributed by atoms with van der Waals surface area (Å²) in [5.41, 5.74) is 1.92. The third-order valence-electron chi connectivity index (χ3n) is 3.87. The average Bonchev–Trinajstić information content (AvgIpc) is 2.65. The van der Waals surface area contributed by atoms with Crippen LogP contribution in [0.5, 0.6) is 5.75 Å². The number of nitrogens with zero attached hydrogens (tertiary/aromatic N) is 1. The van der Waals surface area contributed by atoms with Gasteiger partial charge in [-0.25, -0.2) is 0 Å². The number of benzene rings is 2. The van der Waals surface area contributed by atoms with Crippen molar-refractivity contribution in [2.45, 2.75) is 19.9 Å². The third kappa shape index (κ3) is 6.08. The zero-order chi connectivity index (χ0) is 18.9. The Labute approximate surface area is 158 Å². The first-order chi connectivity index (χ1) is 12.5. The fourth-order valence-corrected chi connectivity index (χ4v) is 2.52. The number of aryl methyl sites for hydroxylation is 1. The molecule has 2 rings (SSSR count). The Morgan fingerprint density at radius 2 is 1.77 bits per heavy atom. The maximum Gasteiger partial charge on any atom is 0.307 e. The third-order valence-corrected chi connectivity index (χ3v) is 4.24. The van der Waals surface area contributed by atoms with Crippen LogP contribution in [0.25, 0.3) is 0 Å². The Bertz CT molecular complexity index is 746. The smallest absolute Gasteiger partial charge is 0.307 e. The fourth-order valence-electron chi connectivity index (χ4n) is 2.32. The number of ether oxygens (including phenoxy) is 2. The van der Waals surface area contributed by atoms with Gasteiger partial charge in [-0.15, -0.1) is 0 Å². The highest BCUT2D eigenvalue weighted by Crippen LogP contribution is 2.18. The van der Waals surface area contributed by atoms with Crippen LogP contribution in [0, 0.1) is 6.92 Å². The molecular weight excluding hydrogens is 354 g/mol. The highest BCUT2D eigenvalue weighted by atomic mass is 35.5. The Balaban J connectivity index is 2.03. The first-order valence-electron chi connectivity index (χ1n) is 8.27. The fraction of sp³-hybridized carbons (Fsp3) is 0.300. The molecule has 26 heavy (non-hydrogen) atoms. The molecule has 0 unspecified atom stereocenters. The standard InChI is InChI=1S/C20H22ClNO4/c1-15-7-9-17(10-8-15)26-14-19(23)22(12-11-20(24)25-2)13-16-5-3-4-6-18(16)21/h3-10H,11-14H2,1-2H3. The Hall–Kier alpha value is -2.53. The topological polar surface area (TPSA) is 55.8 Å². The van der Waals surface area contributed by atoms with Crippen molar-refractivity contribution in [2.24, 2.45) is 0 Å². The van der Waals surface area contributed by atoms with E-state index in [1.54, 1.807) is 11.0 Å². The molecule has 0 aliphatic rings. The van der Waals surface area contributed by atoms with Crippen LogP contribution in [-0.2, 0) is 20.9 Å². The van der Waals surface area contributed by atoms with Crippen molar-refractivity contribution in [3.63, 3.8) is 0 Å². The van der Waals surface area contributed by atoms with Crippen LogP contribution in [0.1, 0.15) is 17.5 Å². The molecule has 0 fully saturated rings. The SMILES string of the molecule is COC(=O)CCN(Cc1ccccc1Cl)C(=O)COc1ccc(C)cc1. The number of amides is 1. The van der Waals surface area contributed by atoms with Gasteiger partial charge in [-0.05, 0) is 30.7 Å². The predicted octanol–water partition coefficient (Wildman–Crippen LogP) is 3.62. The summed E-state index contributed by atoms with van der Waals surface area (Å²) in [5.74, 6) is 0.0189. The summed E-state index contributed by atoms with van der Waals surface area (Å²) in [6.45, 7) is 2.39. The second-order valence-corrected chi connectivity index (χ2v) is 6.24. The average molecular weight is 376 g/mol. The van der Waals surface area contributed by atoms with E-state index < -0.39 is 0 Å². The number of esters is 1. The predicted molar refractivity (Wildman–Crippen MR) is 100 cm³/mol. The number of methoxy groups -OCH3 is 1. The molecule has 0 N–H and O–H groups in total. The molecule has 138 valence electrons. The number of hydrogen-bond donors (Lipinski definition) is 0. The molecule has 0 aromatic heterocycles. The maximum absolute atomic E-state index is 12.6. The van der Waals surface area contributed by atoms with Crippen LogP contribution in [0.3, 0.4) is 0 Å².